The zero-order valence-corrected chi connectivity index (χ0v) is 10.3. The standard InChI is InChI=1S/C13H17NO4/c15-11(8-4-5-18-7-8)6-14-12(16)9-2-1-3-10(9)13(14)17/h8-10H,1-7H2. The van der Waals surface area contributed by atoms with E-state index in [0.717, 1.165) is 19.3 Å². The van der Waals surface area contributed by atoms with E-state index in [-0.39, 0.29) is 41.9 Å². The van der Waals surface area contributed by atoms with Crippen molar-refractivity contribution in [2.75, 3.05) is 19.8 Å². The summed E-state index contributed by atoms with van der Waals surface area (Å²) in [6, 6.07) is 0. The zero-order chi connectivity index (χ0) is 12.7. The van der Waals surface area contributed by atoms with Crippen LogP contribution in [-0.2, 0) is 19.1 Å². The maximum absolute atomic E-state index is 12.1. The summed E-state index contributed by atoms with van der Waals surface area (Å²) in [5.74, 6) is -0.722. The maximum Gasteiger partial charge on any atom is 0.233 e. The van der Waals surface area contributed by atoms with Crippen molar-refractivity contribution in [3.05, 3.63) is 0 Å². The first kappa shape index (κ1) is 11.8. The molecule has 2 aliphatic heterocycles. The van der Waals surface area contributed by atoms with Gasteiger partial charge in [-0.15, -0.1) is 0 Å². The van der Waals surface area contributed by atoms with Gasteiger partial charge >= 0.3 is 0 Å². The molecule has 3 aliphatic rings. The number of fused-ring (bicyclic) bond motifs is 1. The van der Waals surface area contributed by atoms with E-state index in [0.29, 0.717) is 19.6 Å². The summed E-state index contributed by atoms with van der Waals surface area (Å²) in [4.78, 5) is 37.3. The molecular formula is C13H17NO4. The lowest BCUT2D eigenvalue weighted by Crippen LogP contribution is -2.38. The number of rotatable bonds is 3. The lowest BCUT2D eigenvalue weighted by Gasteiger charge is -2.16. The molecule has 1 saturated carbocycles. The Morgan fingerprint density at radius 1 is 1.17 bits per heavy atom. The molecule has 3 unspecified atom stereocenters. The minimum Gasteiger partial charge on any atom is -0.381 e. The fraction of sp³-hybridized carbons (Fsp3) is 0.769. The molecule has 98 valence electrons. The van der Waals surface area contributed by atoms with Gasteiger partial charge in [-0.2, -0.15) is 0 Å². The number of amides is 2. The van der Waals surface area contributed by atoms with Crippen molar-refractivity contribution < 1.29 is 19.1 Å². The number of imide groups is 1. The average Bonchev–Trinajstić information content (AvgIpc) is 3.05. The molecule has 1 aliphatic carbocycles. The normalized spacial score (nSPS) is 35.3. The molecule has 0 aromatic carbocycles. The molecule has 5 heteroatoms. The van der Waals surface area contributed by atoms with Crippen LogP contribution < -0.4 is 0 Å². The van der Waals surface area contributed by atoms with Gasteiger partial charge in [0.2, 0.25) is 11.8 Å². The van der Waals surface area contributed by atoms with Gasteiger partial charge in [-0.1, -0.05) is 6.42 Å². The molecule has 18 heavy (non-hydrogen) atoms. The van der Waals surface area contributed by atoms with Crippen molar-refractivity contribution in [2.45, 2.75) is 25.7 Å². The summed E-state index contributed by atoms with van der Waals surface area (Å²) in [5, 5.41) is 0. The van der Waals surface area contributed by atoms with Gasteiger partial charge in [-0.25, -0.2) is 0 Å². The summed E-state index contributed by atoms with van der Waals surface area (Å²) < 4.78 is 5.16. The first-order chi connectivity index (χ1) is 8.68. The van der Waals surface area contributed by atoms with Crippen LogP contribution in [0.3, 0.4) is 0 Å². The maximum atomic E-state index is 12.1. The lowest BCUT2D eigenvalue weighted by molar-refractivity contribution is -0.144. The highest BCUT2D eigenvalue weighted by atomic mass is 16.5. The fourth-order valence-electron chi connectivity index (χ4n) is 3.29. The fourth-order valence-corrected chi connectivity index (χ4v) is 3.29. The molecule has 2 heterocycles. The molecule has 0 aromatic heterocycles. The van der Waals surface area contributed by atoms with Gasteiger partial charge in [-0.3, -0.25) is 19.3 Å². The van der Waals surface area contributed by atoms with Gasteiger partial charge in [0.25, 0.3) is 0 Å². The summed E-state index contributed by atoms with van der Waals surface area (Å²) >= 11 is 0. The van der Waals surface area contributed by atoms with Gasteiger partial charge in [-0.05, 0) is 19.3 Å². The summed E-state index contributed by atoms with van der Waals surface area (Å²) in [6.07, 6.45) is 3.26. The highest BCUT2D eigenvalue weighted by molar-refractivity contribution is 6.07. The van der Waals surface area contributed by atoms with E-state index >= 15 is 0 Å². The van der Waals surface area contributed by atoms with Crippen LogP contribution in [0.5, 0.6) is 0 Å². The Labute approximate surface area is 105 Å². The molecule has 0 aromatic rings. The third kappa shape index (κ3) is 1.77. The third-order valence-electron chi connectivity index (χ3n) is 4.38. The Balaban J connectivity index is 1.67. The van der Waals surface area contributed by atoms with E-state index in [4.69, 9.17) is 4.74 Å². The molecule has 0 radical (unpaired) electrons. The minimum absolute atomic E-state index is 0.0332. The van der Waals surface area contributed by atoms with Gasteiger partial charge in [0.1, 0.15) is 0 Å². The number of hydrogen-bond donors (Lipinski definition) is 0. The van der Waals surface area contributed by atoms with Crippen LogP contribution in [-0.4, -0.2) is 42.3 Å². The Kier molecular flexibility index (Phi) is 2.93. The zero-order valence-electron chi connectivity index (χ0n) is 10.3. The van der Waals surface area contributed by atoms with Crippen molar-refractivity contribution in [1.82, 2.24) is 4.90 Å². The molecule has 0 N–H and O–H groups in total. The number of Topliss-reactive ketones (excluding diaryl/α,β-unsaturated/α-hetero) is 1. The molecule has 3 rings (SSSR count). The van der Waals surface area contributed by atoms with E-state index < -0.39 is 0 Å². The second kappa shape index (κ2) is 4.46. The second-order valence-corrected chi connectivity index (χ2v) is 5.43. The van der Waals surface area contributed by atoms with Crippen LogP contribution in [0.4, 0.5) is 0 Å². The molecule has 0 bridgehead atoms. The first-order valence-corrected chi connectivity index (χ1v) is 6.64. The van der Waals surface area contributed by atoms with Crippen LogP contribution >= 0.6 is 0 Å². The van der Waals surface area contributed by atoms with Crippen molar-refractivity contribution >= 4 is 17.6 Å². The van der Waals surface area contributed by atoms with Crippen molar-refractivity contribution in [2.24, 2.45) is 17.8 Å². The summed E-state index contributed by atoms with van der Waals surface area (Å²) in [6.45, 7) is 0.990. The average molecular weight is 251 g/mol. The SMILES string of the molecule is O=C(CN1C(=O)C2CCCC2C1=O)C1CCOC1. The summed E-state index contributed by atoms with van der Waals surface area (Å²) in [5.41, 5.74) is 0. The summed E-state index contributed by atoms with van der Waals surface area (Å²) in [7, 11) is 0. The quantitative estimate of drug-likeness (QED) is 0.680. The Hall–Kier alpha value is -1.23. The number of hydrogen-bond acceptors (Lipinski definition) is 4. The van der Waals surface area contributed by atoms with Gasteiger partial charge in [0, 0.05) is 12.5 Å². The predicted octanol–water partition coefficient (Wildman–Crippen LogP) is 0.377. The largest absolute Gasteiger partial charge is 0.381 e. The topological polar surface area (TPSA) is 63.7 Å². The van der Waals surface area contributed by atoms with Crippen molar-refractivity contribution in [1.29, 1.82) is 0 Å². The van der Waals surface area contributed by atoms with E-state index in [2.05, 4.69) is 0 Å². The molecule has 5 nitrogen and oxygen atoms in total. The lowest BCUT2D eigenvalue weighted by atomic mass is 10.00. The molecule has 3 atom stereocenters. The van der Waals surface area contributed by atoms with E-state index in [1.54, 1.807) is 0 Å². The molecule has 2 amide bonds. The Morgan fingerprint density at radius 2 is 1.83 bits per heavy atom. The first-order valence-electron chi connectivity index (χ1n) is 6.64. The Morgan fingerprint density at radius 3 is 2.39 bits per heavy atom. The molecule has 3 fully saturated rings. The van der Waals surface area contributed by atoms with Crippen molar-refractivity contribution in [3.8, 4) is 0 Å². The van der Waals surface area contributed by atoms with E-state index in [1.165, 1.54) is 4.90 Å². The number of likely N-dealkylation sites (tertiary alicyclic amines) is 1. The number of ether oxygens (including phenoxy) is 1. The number of carbonyl (C=O) groups is 3. The van der Waals surface area contributed by atoms with E-state index in [9.17, 15) is 14.4 Å². The van der Waals surface area contributed by atoms with Crippen LogP contribution in [0.2, 0.25) is 0 Å². The highest BCUT2D eigenvalue weighted by Crippen LogP contribution is 2.39. The smallest absolute Gasteiger partial charge is 0.233 e. The highest BCUT2D eigenvalue weighted by Gasteiger charge is 2.50. The van der Waals surface area contributed by atoms with Crippen LogP contribution in [0.15, 0.2) is 0 Å². The Bertz CT molecular complexity index is 378. The van der Waals surface area contributed by atoms with E-state index in [1.807, 2.05) is 0 Å². The minimum atomic E-state index is -0.148. The van der Waals surface area contributed by atoms with Crippen LogP contribution in [0.25, 0.3) is 0 Å². The van der Waals surface area contributed by atoms with Gasteiger partial charge in [0.15, 0.2) is 5.78 Å². The third-order valence-corrected chi connectivity index (χ3v) is 4.38. The van der Waals surface area contributed by atoms with Crippen LogP contribution in [0, 0.1) is 17.8 Å². The predicted molar refractivity (Wildman–Crippen MR) is 61.5 cm³/mol. The van der Waals surface area contributed by atoms with Crippen LogP contribution in [0.1, 0.15) is 25.7 Å². The van der Waals surface area contributed by atoms with Crippen molar-refractivity contribution in [3.63, 3.8) is 0 Å². The molecule has 0 spiro atoms. The number of carbonyl (C=O) groups excluding carboxylic acids is 3. The second-order valence-electron chi connectivity index (χ2n) is 5.43. The molecule has 2 saturated heterocycles. The molecular weight excluding hydrogens is 234 g/mol. The number of ketones is 1. The number of nitrogens with zero attached hydrogens (tertiary/aromatic N) is 1. The monoisotopic (exact) mass is 251 g/mol. The van der Waals surface area contributed by atoms with Gasteiger partial charge < -0.3 is 4.74 Å². The van der Waals surface area contributed by atoms with Gasteiger partial charge in [0.05, 0.1) is 25.0 Å².